The van der Waals surface area contributed by atoms with Crippen molar-refractivity contribution in [2.75, 3.05) is 17.2 Å². The fourth-order valence-electron chi connectivity index (χ4n) is 2.34. The summed E-state index contributed by atoms with van der Waals surface area (Å²) < 4.78 is 0. The highest BCUT2D eigenvalue weighted by Crippen LogP contribution is 2.29. The molecule has 4 heteroatoms. The molecule has 0 aliphatic rings. The average molecular weight is 264 g/mol. The lowest BCUT2D eigenvalue weighted by atomic mass is 10.2. The molecule has 1 aromatic heterocycles. The van der Waals surface area contributed by atoms with Gasteiger partial charge in [0.2, 0.25) is 0 Å². The summed E-state index contributed by atoms with van der Waals surface area (Å²) in [6.07, 6.45) is 1.59. The van der Waals surface area contributed by atoms with Gasteiger partial charge in [-0.05, 0) is 37.3 Å². The van der Waals surface area contributed by atoms with Crippen molar-refractivity contribution in [2.45, 2.75) is 6.92 Å². The van der Waals surface area contributed by atoms with Gasteiger partial charge < -0.3 is 10.6 Å². The van der Waals surface area contributed by atoms with Crippen molar-refractivity contribution in [2.24, 2.45) is 0 Å². The third-order valence-corrected chi connectivity index (χ3v) is 3.28. The summed E-state index contributed by atoms with van der Waals surface area (Å²) >= 11 is 0. The molecule has 100 valence electrons. The van der Waals surface area contributed by atoms with Crippen molar-refractivity contribution >= 4 is 28.1 Å². The molecule has 0 saturated carbocycles. The van der Waals surface area contributed by atoms with E-state index in [1.807, 2.05) is 36.4 Å². The molecule has 0 aliphatic carbocycles. The highest BCUT2D eigenvalue weighted by atomic mass is 15.2. The maximum Gasteiger partial charge on any atom is 0.144 e. The van der Waals surface area contributed by atoms with E-state index in [1.54, 1.807) is 6.33 Å². The quantitative estimate of drug-likeness (QED) is 0.737. The Hall–Kier alpha value is -2.62. The average Bonchev–Trinajstić information content (AvgIpc) is 2.49. The second-order valence-corrected chi connectivity index (χ2v) is 4.55. The maximum absolute atomic E-state index is 5.82. The van der Waals surface area contributed by atoms with E-state index in [0.717, 1.165) is 29.0 Å². The molecule has 0 amide bonds. The summed E-state index contributed by atoms with van der Waals surface area (Å²) in [6.45, 7) is 2.94. The number of nitrogen functional groups attached to an aromatic ring is 1. The molecule has 0 aliphatic heterocycles. The Bertz CT molecular complexity index is 725. The molecule has 20 heavy (non-hydrogen) atoms. The van der Waals surface area contributed by atoms with Crippen molar-refractivity contribution < 1.29 is 0 Å². The van der Waals surface area contributed by atoms with Crippen molar-refractivity contribution in [3.05, 3.63) is 54.9 Å². The molecule has 0 saturated heterocycles. The molecule has 1 heterocycles. The van der Waals surface area contributed by atoms with Crippen LogP contribution in [0, 0.1) is 0 Å². The standard InChI is InChI=1S/C16H16N4/c1-2-20(13-6-4-3-5-7-13)16-14-9-8-12(17)10-15(14)18-11-19-16/h3-11H,2,17H2,1H3. The summed E-state index contributed by atoms with van der Waals surface area (Å²) in [6, 6.07) is 16.0. The molecule has 4 nitrogen and oxygen atoms in total. The molecule has 3 rings (SSSR count). The normalized spacial score (nSPS) is 10.7. The minimum atomic E-state index is 0.713. The van der Waals surface area contributed by atoms with Crippen LogP contribution in [-0.2, 0) is 0 Å². The number of para-hydroxylation sites is 1. The van der Waals surface area contributed by atoms with E-state index in [-0.39, 0.29) is 0 Å². The minimum absolute atomic E-state index is 0.713. The molecule has 2 N–H and O–H groups in total. The Morgan fingerprint density at radius 3 is 2.60 bits per heavy atom. The molecule has 3 aromatic rings. The first-order valence-electron chi connectivity index (χ1n) is 6.62. The van der Waals surface area contributed by atoms with E-state index in [4.69, 9.17) is 5.73 Å². The van der Waals surface area contributed by atoms with Gasteiger partial charge in [-0.3, -0.25) is 0 Å². The van der Waals surface area contributed by atoms with Gasteiger partial charge in [0, 0.05) is 23.3 Å². The number of nitrogens with two attached hydrogens (primary N) is 1. The summed E-state index contributed by atoms with van der Waals surface area (Å²) in [7, 11) is 0. The van der Waals surface area contributed by atoms with Crippen LogP contribution in [0.15, 0.2) is 54.9 Å². The van der Waals surface area contributed by atoms with Gasteiger partial charge in [0.05, 0.1) is 5.52 Å². The number of anilines is 3. The molecule has 0 spiro atoms. The van der Waals surface area contributed by atoms with Crippen molar-refractivity contribution in [3.8, 4) is 0 Å². The molecule has 0 bridgehead atoms. The molecule has 0 fully saturated rings. The number of fused-ring (bicyclic) bond motifs is 1. The number of aromatic nitrogens is 2. The molecular formula is C16H16N4. The van der Waals surface area contributed by atoms with Crippen LogP contribution in [0.5, 0.6) is 0 Å². The first-order valence-corrected chi connectivity index (χ1v) is 6.62. The largest absolute Gasteiger partial charge is 0.399 e. The van der Waals surface area contributed by atoms with Crippen LogP contribution in [0.2, 0.25) is 0 Å². The Morgan fingerprint density at radius 1 is 1.05 bits per heavy atom. The van der Waals surface area contributed by atoms with E-state index in [9.17, 15) is 0 Å². The Morgan fingerprint density at radius 2 is 1.85 bits per heavy atom. The van der Waals surface area contributed by atoms with Crippen molar-refractivity contribution in [1.29, 1.82) is 0 Å². The van der Waals surface area contributed by atoms with E-state index in [2.05, 4.69) is 33.9 Å². The van der Waals surface area contributed by atoms with Crippen molar-refractivity contribution in [3.63, 3.8) is 0 Å². The highest BCUT2D eigenvalue weighted by Gasteiger charge is 2.12. The van der Waals surface area contributed by atoms with E-state index >= 15 is 0 Å². The number of benzene rings is 2. The molecule has 0 unspecified atom stereocenters. The van der Waals surface area contributed by atoms with Gasteiger partial charge >= 0.3 is 0 Å². The number of rotatable bonds is 3. The predicted octanol–water partition coefficient (Wildman–Crippen LogP) is 3.37. The zero-order chi connectivity index (χ0) is 13.9. The lowest BCUT2D eigenvalue weighted by Crippen LogP contribution is -2.17. The van der Waals surface area contributed by atoms with Gasteiger partial charge in [0.25, 0.3) is 0 Å². The fourth-order valence-corrected chi connectivity index (χ4v) is 2.34. The fraction of sp³-hybridized carbons (Fsp3) is 0.125. The summed E-state index contributed by atoms with van der Waals surface area (Å²) in [5.41, 5.74) is 8.52. The molecule has 0 radical (unpaired) electrons. The van der Waals surface area contributed by atoms with Gasteiger partial charge in [-0.25, -0.2) is 9.97 Å². The first-order chi connectivity index (χ1) is 9.79. The number of hydrogen-bond donors (Lipinski definition) is 1. The minimum Gasteiger partial charge on any atom is -0.399 e. The smallest absolute Gasteiger partial charge is 0.144 e. The lowest BCUT2D eigenvalue weighted by molar-refractivity contribution is 0.990. The Balaban J connectivity index is 2.17. The molecule has 0 atom stereocenters. The monoisotopic (exact) mass is 264 g/mol. The van der Waals surface area contributed by atoms with Crippen LogP contribution in [0.1, 0.15) is 6.92 Å². The van der Waals surface area contributed by atoms with Gasteiger partial charge in [0.15, 0.2) is 0 Å². The summed E-state index contributed by atoms with van der Waals surface area (Å²) in [4.78, 5) is 10.9. The Kier molecular flexibility index (Phi) is 3.21. The van der Waals surface area contributed by atoms with Crippen LogP contribution >= 0.6 is 0 Å². The maximum atomic E-state index is 5.82. The number of nitrogens with zero attached hydrogens (tertiary/aromatic N) is 3. The van der Waals surface area contributed by atoms with Gasteiger partial charge in [-0.2, -0.15) is 0 Å². The molecule has 2 aromatic carbocycles. The van der Waals surface area contributed by atoms with Crippen LogP contribution in [0.3, 0.4) is 0 Å². The lowest BCUT2D eigenvalue weighted by Gasteiger charge is -2.23. The number of hydrogen-bond acceptors (Lipinski definition) is 4. The van der Waals surface area contributed by atoms with Gasteiger partial charge in [-0.15, -0.1) is 0 Å². The van der Waals surface area contributed by atoms with E-state index in [0.29, 0.717) is 5.69 Å². The van der Waals surface area contributed by atoms with E-state index < -0.39 is 0 Å². The van der Waals surface area contributed by atoms with Crippen LogP contribution in [0.25, 0.3) is 10.9 Å². The van der Waals surface area contributed by atoms with E-state index in [1.165, 1.54) is 0 Å². The molecular weight excluding hydrogens is 248 g/mol. The third kappa shape index (κ3) is 2.16. The third-order valence-electron chi connectivity index (χ3n) is 3.28. The zero-order valence-corrected chi connectivity index (χ0v) is 11.3. The predicted molar refractivity (Wildman–Crippen MR) is 83.1 cm³/mol. The second-order valence-electron chi connectivity index (χ2n) is 4.55. The SMILES string of the molecule is CCN(c1ccccc1)c1ncnc2cc(N)ccc12. The second kappa shape index (κ2) is 5.17. The zero-order valence-electron chi connectivity index (χ0n) is 11.3. The van der Waals surface area contributed by atoms with Crippen molar-refractivity contribution in [1.82, 2.24) is 9.97 Å². The summed E-state index contributed by atoms with van der Waals surface area (Å²) in [5, 5.41) is 1.01. The van der Waals surface area contributed by atoms with Crippen LogP contribution in [-0.4, -0.2) is 16.5 Å². The topological polar surface area (TPSA) is 55.0 Å². The first kappa shape index (κ1) is 12.4. The Labute approximate surface area is 117 Å². The highest BCUT2D eigenvalue weighted by molar-refractivity contribution is 5.92. The summed E-state index contributed by atoms with van der Waals surface area (Å²) in [5.74, 6) is 0.906. The van der Waals surface area contributed by atoms with Gasteiger partial charge in [-0.1, -0.05) is 18.2 Å². The van der Waals surface area contributed by atoms with Crippen LogP contribution < -0.4 is 10.6 Å². The van der Waals surface area contributed by atoms with Gasteiger partial charge in [0.1, 0.15) is 12.1 Å². The van der Waals surface area contributed by atoms with Crippen LogP contribution in [0.4, 0.5) is 17.2 Å².